The Morgan fingerprint density at radius 1 is 1.12 bits per heavy atom. The van der Waals surface area contributed by atoms with Crippen LogP contribution in [-0.2, 0) is 9.53 Å². The minimum atomic E-state index is -0.601. The number of amides is 1. The van der Waals surface area contributed by atoms with E-state index >= 15 is 0 Å². The Morgan fingerprint density at radius 3 is 2.62 bits per heavy atom. The zero-order valence-electron chi connectivity index (χ0n) is 19.8. The number of fused-ring (bicyclic) bond motifs is 1. The molecule has 1 heterocycles. The monoisotopic (exact) mass is 463 g/mol. The van der Waals surface area contributed by atoms with E-state index in [9.17, 15) is 9.59 Å². The van der Waals surface area contributed by atoms with Crippen molar-refractivity contribution in [3.05, 3.63) is 71.5 Å². The number of aryl methyl sites for hydroxylation is 1. The third-order valence-corrected chi connectivity index (χ3v) is 6.22. The van der Waals surface area contributed by atoms with Gasteiger partial charge >= 0.3 is 5.97 Å². The minimum absolute atomic E-state index is 0.192. The number of hydrogen-bond acceptors (Lipinski definition) is 6. The third-order valence-electron chi connectivity index (χ3n) is 6.22. The molecule has 7 heteroatoms. The van der Waals surface area contributed by atoms with Crippen molar-refractivity contribution in [3.63, 3.8) is 0 Å². The Kier molecular flexibility index (Phi) is 6.91. The van der Waals surface area contributed by atoms with E-state index < -0.39 is 5.92 Å². The van der Waals surface area contributed by atoms with Gasteiger partial charge < -0.3 is 23.9 Å². The molecule has 34 heavy (non-hydrogen) atoms. The molecule has 2 aromatic carbocycles. The van der Waals surface area contributed by atoms with Crippen molar-refractivity contribution in [3.8, 4) is 11.5 Å². The van der Waals surface area contributed by atoms with Crippen molar-refractivity contribution in [1.29, 1.82) is 0 Å². The van der Waals surface area contributed by atoms with Crippen LogP contribution < -0.4 is 14.8 Å². The van der Waals surface area contributed by atoms with Gasteiger partial charge in [-0.05, 0) is 50.5 Å². The first-order valence-corrected chi connectivity index (χ1v) is 11.3. The number of allylic oxidation sites excluding steroid dienone is 1. The molecule has 0 spiro atoms. The molecule has 0 unspecified atom stereocenters. The molecular formula is C27H29NO6. The Labute approximate surface area is 198 Å². The number of nitrogens with one attached hydrogen (secondary N) is 1. The predicted octanol–water partition coefficient (Wildman–Crippen LogP) is 4.78. The molecule has 3 aromatic rings. The molecule has 1 aromatic heterocycles. The first-order valence-electron chi connectivity index (χ1n) is 11.3. The normalized spacial score (nSPS) is 18.0. The Bertz CT molecular complexity index is 1230. The Morgan fingerprint density at radius 2 is 1.91 bits per heavy atom. The fourth-order valence-corrected chi connectivity index (χ4v) is 4.55. The van der Waals surface area contributed by atoms with Gasteiger partial charge in [-0.1, -0.05) is 30.4 Å². The van der Waals surface area contributed by atoms with Crippen molar-refractivity contribution in [2.45, 2.75) is 32.2 Å². The van der Waals surface area contributed by atoms with Crippen LogP contribution in [0.2, 0.25) is 0 Å². The average molecular weight is 464 g/mol. The maximum Gasteiger partial charge on any atom is 0.314 e. The fraction of sp³-hybridized carbons (Fsp3) is 0.333. The van der Waals surface area contributed by atoms with E-state index in [1.54, 1.807) is 39.3 Å². The van der Waals surface area contributed by atoms with Gasteiger partial charge in [0.05, 0.1) is 26.7 Å². The lowest BCUT2D eigenvalue weighted by Crippen LogP contribution is -2.34. The van der Waals surface area contributed by atoms with Gasteiger partial charge in [-0.2, -0.15) is 0 Å². The summed E-state index contributed by atoms with van der Waals surface area (Å²) in [5.74, 6) is 0.0852. The van der Waals surface area contributed by atoms with Crippen LogP contribution >= 0.6 is 0 Å². The molecular weight excluding hydrogens is 434 g/mol. The largest absolute Gasteiger partial charge is 0.497 e. The topological polar surface area (TPSA) is 87.0 Å². The van der Waals surface area contributed by atoms with Crippen LogP contribution in [0.25, 0.3) is 11.0 Å². The highest BCUT2D eigenvalue weighted by molar-refractivity contribution is 5.99. The van der Waals surface area contributed by atoms with E-state index in [0.29, 0.717) is 34.8 Å². The van der Waals surface area contributed by atoms with Gasteiger partial charge in [0, 0.05) is 22.6 Å². The third kappa shape index (κ3) is 4.51. The minimum Gasteiger partial charge on any atom is -0.497 e. The van der Waals surface area contributed by atoms with E-state index in [1.165, 1.54) is 0 Å². The molecule has 3 atom stereocenters. The molecule has 4 rings (SSSR count). The number of ether oxygens (including phenoxy) is 3. The zero-order chi connectivity index (χ0) is 24.2. The van der Waals surface area contributed by atoms with Crippen LogP contribution in [0.4, 0.5) is 0 Å². The first-order chi connectivity index (χ1) is 16.5. The molecule has 0 aliphatic heterocycles. The number of benzene rings is 2. The van der Waals surface area contributed by atoms with Crippen LogP contribution in [0.3, 0.4) is 0 Å². The van der Waals surface area contributed by atoms with Gasteiger partial charge in [0.25, 0.3) is 5.91 Å². The maximum absolute atomic E-state index is 13.0. The van der Waals surface area contributed by atoms with Crippen LogP contribution in [0.5, 0.6) is 11.5 Å². The number of hydrogen-bond donors (Lipinski definition) is 1. The number of carbonyl (C=O) groups is 2. The quantitative estimate of drug-likeness (QED) is 0.382. The summed E-state index contributed by atoms with van der Waals surface area (Å²) in [6.45, 7) is 3.92. The maximum atomic E-state index is 13.0. The molecule has 178 valence electrons. The van der Waals surface area contributed by atoms with Gasteiger partial charge in [-0.15, -0.1) is 0 Å². The molecule has 1 aliphatic rings. The summed E-state index contributed by atoms with van der Waals surface area (Å²) in [5, 5.41) is 3.94. The summed E-state index contributed by atoms with van der Waals surface area (Å²) in [4.78, 5) is 26.0. The van der Waals surface area contributed by atoms with Crippen molar-refractivity contribution >= 4 is 22.8 Å². The second-order valence-electron chi connectivity index (χ2n) is 8.25. The summed E-state index contributed by atoms with van der Waals surface area (Å²) < 4.78 is 22.1. The highest BCUT2D eigenvalue weighted by atomic mass is 16.5. The molecule has 1 N–H and O–H groups in total. The summed E-state index contributed by atoms with van der Waals surface area (Å²) in [6, 6.07) is 12.7. The predicted molar refractivity (Wildman–Crippen MR) is 128 cm³/mol. The Hall–Kier alpha value is -3.74. The lowest BCUT2D eigenvalue weighted by Gasteiger charge is -2.24. The van der Waals surface area contributed by atoms with E-state index in [-0.39, 0.29) is 30.4 Å². The smallest absolute Gasteiger partial charge is 0.314 e. The lowest BCUT2D eigenvalue weighted by molar-refractivity contribution is -0.146. The molecule has 7 nitrogen and oxygen atoms in total. The summed E-state index contributed by atoms with van der Waals surface area (Å²) in [7, 11) is 3.14. The molecule has 0 bridgehead atoms. The molecule has 0 fully saturated rings. The van der Waals surface area contributed by atoms with Crippen LogP contribution in [0, 0.1) is 12.8 Å². The molecule has 0 radical (unpaired) electrons. The number of esters is 1. The van der Waals surface area contributed by atoms with Crippen molar-refractivity contribution in [2.75, 3.05) is 20.8 Å². The van der Waals surface area contributed by atoms with Crippen LogP contribution in [0.1, 0.15) is 40.9 Å². The van der Waals surface area contributed by atoms with E-state index in [2.05, 4.69) is 5.32 Å². The first kappa shape index (κ1) is 23.4. The Balaban J connectivity index is 1.55. The average Bonchev–Trinajstić information content (AvgIpc) is 3.43. The van der Waals surface area contributed by atoms with Crippen molar-refractivity contribution in [2.24, 2.45) is 5.92 Å². The van der Waals surface area contributed by atoms with Crippen LogP contribution in [-0.4, -0.2) is 38.7 Å². The zero-order valence-corrected chi connectivity index (χ0v) is 19.8. The van der Waals surface area contributed by atoms with Gasteiger partial charge in [-0.25, -0.2) is 0 Å². The number of furan rings is 1. The van der Waals surface area contributed by atoms with Gasteiger partial charge in [0.1, 0.15) is 17.1 Å². The fourth-order valence-electron chi connectivity index (χ4n) is 4.55. The molecule has 0 saturated carbocycles. The highest BCUT2D eigenvalue weighted by Crippen LogP contribution is 2.40. The van der Waals surface area contributed by atoms with Gasteiger partial charge in [-0.3, -0.25) is 9.59 Å². The number of methoxy groups -OCH3 is 2. The van der Waals surface area contributed by atoms with E-state index in [0.717, 1.165) is 10.9 Å². The standard InChI is InChI=1S/C27H29NO6/c1-5-33-27(30)24(21-15-19(31-3)12-13-22(21)32-4)17-10-11-18(14-17)28-26(29)25-16(2)20-8-6-7-9-23(20)34-25/h6-13,15,17-18,24H,5,14H2,1-4H3,(H,28,29)/t17-,18+,24-/m0/s1. The van der Waals surface area contributed by atoms with Crippen molar-refractivity contribution < 1.29 is 28.2 Å². The SMILES string of the molecule is CCOC(=O)[C@H](c1cc(OC)ccc1OC)[C@H]1C=C[C@@H](NC(=O)c2oc3ccccc3c2C)C1. The van der Waals surface area contributed by atoms with Crippen molar-refractivity contribution in [1.82, 2.24) is 5.32 Å². The molecule has 1 aliphatic carbocycles. The van der Waals surface area contributed by atoms with E-state index in [1.807, 2.05) is 43.3 Å². The van der Waals surface area contributed by atoms with Crippen LogP contribution in [0.15, 0.2) is 59.0 Å². The highest BCUT2D eigenvalue weighted by Gasteiger charge is 2.36. The number of carbonyl (C=O) groups excluding carboxylic acids is 2. The summed E-state index contributed by atoms with van der Waals surface area (Å²) in [6.07, 6.45) is 4.41. The van der Waals surface area contributed by atoms with Gasteiger partial charge in [0.15, 0.2) is 5.76 Å². The summed E-state index contributed by atoms with van der Waals surface area (Å²) in [5.41, 5.74) is 2.17. The molecule has 0 saturated heterocycles. The number of rotatable bonds is 8. The molecule has 1 amide bonds. The lowest BCUT2D eigenvalue weighted by atomic mass is 9.84. The second kappa shape index (κ2) is 10.0. The summed E-state index contributed by atoms with van der Waals surface area (Å²) >= 11 is 0. The number of para-hydroxylation sites is 1. The van der Waals surface area contributed by atoms with E-state index in [4.69, 9.17) is 18.6 Å². The second-order valence-corrected chi connectivity index (χ2v) is 8.25. The van der Waals surface area contributed by atoms with Gasteiger partial charge in [0.2, 0.25) is 0 Å².